The summed E-state index contributed by atoms with van der Waals surface area (Å²) >= 11 is 0. The van der Waals surface area contributed by atoms with Gasteiger partial charge in [0.15, 0.2) is 0 Å². The number of aromatic nitrogens is 1. The zero-order valence-corrected chi connectivity index (χ0v) is 14.0. The van der Waals surface area contributed by atoms with Gasteiger partial charge in [0, 0.05) is 30.2 Å². The van der Waals surface area contributed by atoms with E-state index in [0.29, 0.717) is 5.92 Å². The molecule has 114 valence electrons. The van der Waals surface area contributed by atoms with Gasteiger partial charge in [-0.25, -0.2) is 0 Å². The summed E-state index contributed by atoms with van der Waals surface area (Å²) in [6, 6.07) is 11.2. The molecule has 0 fully saturated rings. The molecular formula is C19H28N2. The van der Waals surface area contributed by atoms with Crippen molar-refractivity contribution in [3.63, 3.8) is 0 Å². The van der Waals surface area contributed by atoms with Crippen molar-refractivity contribution >= 4 is 5.69 Å². The van der Waals surface area contributed by atoms with E-state index in [0.717, 1.165) is 13.1 Å². The molecule has 0 saturated heterocycles. The summed E-state index contributed by atoms with van der Waals surface area (Å²) in [6.45, 7) is 13.0. The van der Waals surface area contributed by atoms with E-state index >= 15 is 0 Å². The number of hydrogen-bond donors (Lipinski definition) is 1. The van der Waals surface area contributed by atoms with Gasteiger partial charge >= 0.3 is 0 Å². The van der Waals surface area contributed by atoms with Crippen molar-refractivity contribution in [2.45, 2.75) is 60.0 Å². The third kappa shape index (κ3) is 3.49. The summed E-state index contributed by atoms with van der Waals surface area (Å²) < 4.78 is 2.36. The Morgan fingerprint density at radius 2 is 1.76 bits per heavy atom. The van der Waals surface area contributed by atoms with Gasteiger partial charge in [-0.3, -0.25) is 0 Å². The molecule has 0 aliphatic carbocycles. The highest BCUT2D eigenvalue weighted by atomic mass is 15.0. The van der Waals surface area contributed by atoms with Crippen LogP contribution in [0.5, 0.6) is 0 Å². The zero-order chi connectivity index (χ0) is 15.4. The van der Waals surface area contributed by atoms with Crippen molar-refractivity contribution in [3.8, 4) is 0 Å². The molecule has 1 heterocycles. The van der Waals surface area contributed by atoms with Gasteiger partial charge < -0.3 is 9.88 Å². The van der Waals surface area contributed by atoms with Crippen LogP contribution >= 0.6 is 0 Å². The quantitative estimate of drug-likeness (QED) is 0.766. The maximum atomic E-state index is 3.54. The highest BCUT2D eigenvalue weighted by Crippen LogP contribution is 2.21. The van der Waals surface area contributed by atoms with Crippen molar-refractivity contribution < 1.29 is 0 Å². The van der Waals surface area contributed by atoms with Gasteiger partial charge in [0.05, 0.1) is 0 Å². The molecular weight excluding hydrogens is 256 g/mol. The maximum absolute atomic E-state index is 3.54. The van der Waals surface area contributed by atoms with E-state index in [2.05, 4.69) is 74.8 Å². The largest absolute Gasteiger partial charge is 0.381 e. The van der Waals surface area contributed by atoms with Gasteiger partial charge in [0.1, 0.15) is 0 Å². The second kappa shape index (κ2) is 6.84. The first-order valence-electron chi connectivity index (χ1n) is 8.06. The van der Waals surface area contributed by atoms with Crippen molar-refractivity contribution in [2.24, 2.45) is 0 Å². The van der Waals surface area contributed by atoms with Crippen LogP contribution in [0, 0.1) is 13.8 Å². The van der Waals surface area contributed by atoms with Gasteiger partial charge in [0.25, 0.3) is 0 Å². The topological polar surface area (TPSA) is 17.0 Å². The van der Waals surface area contributed by atoms with E-state index in [4.69, 9.17) is 0 Å². The minimum atomic E-state index is 0.641. The molecule has 0 saturated carbocycles. The molecule has 1 atom stereocenters. The Hall–Kier alpha value is -1.70. The Morgan fingerprint density at radius 3 is 2.29 bits per heavy atom. The predicted molar refractivity (Wildman–Crippen MR) is 92.1 cm³/mol. The molecule has 2 heteroatoms. The third-order valence-electron chi connectivity index (χ3n) is 4.57. The normalized spacial score (nSPS) is 12.4. The van der Waals surface area contributed by atoms with E-state index in [1.807, 2.05) is 0 Å². The molecule has 0 aliphatic heterocycles. The number of aryl methyl sites for hydroxylation is 1. The lowest BCUT2D eigenvalue weighted by atomic mass is 9.99. The van der Waals surface area contributed by atoms with E-state index in [1.54, 1.807) is 0 Å². The van der Waals surface area contributed by atoms with Gasteiger partial charge in [0.2, 0.25) is 0 Å². The summed E-state index contributed by atoms with van der Waals surface area (Å²) in [4.78, 5) is 0. The molecule has 0 radical (unpaired) electrons. The molecule has 0 aliphatic rings. The molecule has 2 aromatic rings. The highest BCUT2D eigenvalue weighted by molar-refractivity contribution is 5.46. The molecule has 1 aromatic heterocycles. The minimum Gasteiger partial charge on any atom is -0.381 e. The van der Waals surface area contributed by atoms with Crippen LogP contribution in [0.1, 0.15) is 55.6 Å². The average Bonchev–Trinajstić information content (AvgIpc) is 2.78. The Bertz CT molecular complexity index is 578. The Balaban J connectivity index is 2.03. The summed E-state index contributed by atoms with van der Waals surface area (Å²) in [5.41, 5.74) is 6.73. The van der Waals surface area contributed by atoms with Crippen LogP contribution < -0.4 is 5.32 Å². The molecule has 0 bridgehead atoms. The monoisotopic (exact) mass is 284 g/mol. The van der Waals surface area contributed by atoms with Crippen molar-refractivity contribution in [2.75, 3.05) is 5.32 Å². The number of anilines is 1. The highest BCUT2D eigenvalue weighted by Gasteiger charge is 2.07. The van der Waals surface area contributed by atoms with Crippen LogP contribution in [0.25, 0.3) is 0 Å². The number of benzene rings is 1. The fourth-order valence-electron chi connectivity index (χ4n) is 2.90. The minimum absolute atomic E-state index is 0.641. The smallest absolute Gasteiger partial charge is 0.0418 e. The number of nitrogens with zero attached hydrogens (tertiary/aromatic N) is 1. The Labute approximate surface area is 129 Å². The lowest BCUT2D eigenvalue weighted by molar-refractivity contribution is 0.715. The van der Waals surface area contributed by atoms with Crippen LogP contribution in [0.4, 0.5) is 5.69 Å². The van der Waals surface area contributed by atoms with Crippen LogP contribution in [-0.2, 0) is 13.1 Å². The number of hydrogen-bond acceptors (Lipinski definition) is 1. The SMILES string of the molecule is CCC(C)c1ccc(NCc2cc(C)n(CC)c2C)cc1. The Morgan fingerprint density at radius 1 is 1.10 bits per heavy atom. The predicted octanol–water partition coefficient (Wildman–Crippen LogP) is 5.25. The molecule has 21 heavy (non-hydrogen) atoms. The standard InChI is InChI=1S/C19H28N2/c1-6-14(3)17-8-10-19(11-9-17)20-13-18-12-15(4)21(7-2)16(18)5/h8-12,14,20H,6-7,13H2,1-5H3. The van der Waals surface area contributed by atoms with Crippen LogP contribution in [-0.4, -0.2) is 4.57 Å². The summed E-state index contributed by atoms with van der Waals surface area (Å²) in [6.07, 6.45) is 1.19. The number of rotatable bonds is 6. The van der Waals surface area contributed by atoms with Gasteiger partial charge in [-0.15, -0.1) is 0 Å². The van der Waals surface area contributed by atoms with Gasteiger partial charge in [-0.05, 0) is 62.4 Å². The van der Waals surface area contributed by atoms with Crippen LogP contribution in [0.15, 0.2) is 30.3 Å². The van der Waals surface area contributed by atoms with Crippen molar-refractivity contribution in [1.29, 1.82) is 0 Å². The molecule has 2 rings (SSSR count). The van der Waals surface area contributed by atoms with E-state index < -0.39 is 0 Å². The molecule has 1 N–H and O–H groups in total. The first-order chi connectivity index (χ1) is 10.1. The first-order valence-corrected chi connectivity index (χ1v) is 8.06. The fourth-order valence-corrected chi connectivity index (χ4v) is 2.90. The molecule has 0 spiro atoms. The zero-order valence-electron chi connectivity index (χ0n) is 14.0. The summed E-state index contributed by atoms with van der Waals surface area (Å²) in [7, 11) is 0. The first kappa shape index (κ1) is 15.7. The lowest BCUT2D eigenvalue weighted by Crippen LogP contribution is -2.03. The van der Waals surface area contributed by atoms with Crippen LogP contribution in [0.3, 0.4) is 0 Å². The van der Waals surface area contributed by atoms with E-state index in [1.165, 1.54) is 34.6 Å². The van der Waals surface area contributed by atoms with Crippen LogP contribution in [0.2, 0.25) is 0 Å². The van der Waals surface area contributed by atoms with Crippen molar-refractivity contribution in [3.05, 3.63) is 52.8 Å². The maximum Gasteiger partial charge on any atom is 0.0418 e. The fraction of sp³-hybridized carbons (Fsp3) is 0.474. The van der Waals surface area contributed by atoms with Crippen molar-refractivity contribution in [1.82, 2.24) is 4.57 Å². The summed E-state index contributed by atoms with van der Waals surface area (Å²) in [5.74, 6) is 0.641. The molecule has 1 unspecified atom stereocenters. The third-order valence-corrected chi connectivity index (χ3v) is 4.57. The van der Waals surface area contributed by atoms with E-state index in [9.17, 15) is 0 Å². The Kier molecular flexibility index (Phi) is 5.11. The second-order valence-electron chi connectivity index (χ2n) is 5.93. The molecule has 1 aromatic carbocycles. The average molecular weight is 284 g/mol. The second-order valence-corrected chi connectivity index (χ2v) is 5.93. The van der Waals surface area contributed by atoms with Gasteiger partial charge in [-0.1, -0.05) is 26.0 Å². The van der Waals surface area contributed by atoms with E-state index in [-0.39, 0.29) is 0 Å². The number of nitrogens with one attached hydrogen (secondary N) is 1. The summed E-state index contributed by atoms with van der Waals surface area (Å²) in [5, 5.41) is 3.54. The molecule has 0 amide bonds. The molecule has 2 nitrogen and oxygen atoms in total. The van der Waals surface area contributed by atoms with Gasteiger partial charge in [-0.2, -0.15) is 0 Å². The lowest BCUT2D eigenvalue weighted by Gasteiger charge is -2.11.